The molecule has 3 nitrogen and oxygen atoms in total. The predicted octanol–water partition coefficient (Wildman–Crippen LogP) is 3.78. The lowest BCUT2D eigenvalue weighted by Crippen LogP contribution is -2.54. The van der Waals surface area contributed by atoms with E-state index in [2.05, 4.69) is 0 Å². The van der Waals surface area contributed by atoms with Gasteiger partial charge in [-0.05, 0) is 29.9 Å². The molecule has 1 heterocycles. The lowest BCUT2D eigenvalue weighted by Gasteiger charge is -2.43. The lowest BCUT2D eigenvalue weighted by molar-refractivity contribution is -0.138. The third-order valence-corrected chi connectivity index (χ3v) is 4.95. The van der Waals surface area contributed by atoms with Crippen LogP contribution in [0, 0.1) is 5.41 Å². The number of piperidine rings is 1. The Morgan fingerprint density at radius 2 is 2.08 bits per heavy atom. The number of carbonyl (C=O) groups excluding carboxylic acids is 1. The highest BCUT2D eigenvalue weighted by Crippen LogP contribution is 2.34. The Morgan fingerprint density at radius 3 is 2.62 bits per heavy atom. The van der Waals surface area contributed by atoms with Crippen molar-refractivity contribution in [2.24, 2.45) is 11.1 Å². The molecule has 0 saturated carbocycles. The number of benzene rings is 1. The summed E-state index contributed by atoms with van der Waals surface area (Å²) in [6.07, 6.45) is -3.24. The Balaban J connectivity index is 2.24. The second kappa shape index (κ2) is 6.75. The standard InChI is InChI=1S/C18H25F3N2O/c1-4-14(12-6-5-7-13(10-12)18(19,20)21)16(24)23-9-8-15(22)17(2,3)11-23/h5-7,10,14-15H,4,8-9,11,22H2,1-3H3. The minimum Gasteiger partial charge on any atom is -0.342 e. The van der Waals surface area contributed by atoms with Crippen LogP contribution in [-0.4, -0.2) is 29.9 Å². The number of nitrogens with two attached hydrogens (primary N) is 1. The molecule has 0 spiro atoms. The Morgan fingerprint density at radius 1 is 1.42 bits per heavy atom. The van der Waals surface area contributed by atoms with Gasteiger partial charge < -0.3 is 10.6 Å². The highest BCUT2D eigenvalue weighted by Gasteiger charge is 2.38. The van der Waals surface area contributed by atoms with E-state index in [4.69, 9.17) is 5.73 Å². The Hall–Kier alpha value is -1.56. The summed E-state index contributed by atoms with van der Waals surface area (Å²) in [5, 5.41) is 0. The summed E-state index contributed by atoms with van der Waals surface area (Å²) < 4.78 is 38.8. The number of halogens is 3. The maximum Gasteiger partial charge on any atom is 0.416 e. The first-order valence-electron chi connectivity index (χ1n) is 8.28. The number of rotatable bonds is 3. The second-order valence-corrected chi connectivity index (χ2v) is 7.23. The minimum absolute atomic E-state index is 0.0233. The number of amides is 1. The Kier molecular flexibility index (Phi) is 5.28. The van der Waals surface area contributed by atoms with Crippen LogP contribution in [0.15, 0.2) is 24.3 Å². The molecule has 1 fully saturated rings. The molecule has 1 aromatic rings. The van der Waals surface area contributed by atoms with Crippen molar-refractivity contribution in [1.29, 1.82) is 0 Å². The average Bonchev–Trinajstić information content (AvgIpc) is 2.50. The summed E-state index contributed by atoms with van der Waals surface area (Å²) in [5.41, 5.74) is 5.61. The van der Waals surface area contributed by atoms with Gasteiger partial charge in [-0.15, -0.1) is 0 Å². The second-order valence-electron chi connectivity index (χ2n) is 7.23. The molecule has 134 valence electrons. The fourth-order valence-corrected chi connectivity index (χ4v) is 3.27. The van der Waals surface area contributed by atoms with Crippen molar-refractivity contribution in [3.8, 4) is 0 Å². The number of hydrogen-bond acceptors (Lipinski definition) is 2. The first-order chi connectivity index (χ1) is 11.1. The molecule has 0 radical (unpaired) electrons. The van der Waals surface area contributed by atoms with E-state index in [1.165, 1.54) is 6.07 Å². The van der Waals surface area contributed by atoms with E-state index < -0.39 is 17.7 Å². The van der Waals surface area contributed by atoms with Crippen molar-refractivity contribution in [1.82, 2.24) is 4.90 Å². The number of alkyl halides is 3. The van der Waals surface area contributed by atoms with E-state index in [1.807, 2.05) is 20.8 Å². The molecule has 1 aromatic carbocycles. The van der Waals surface area contributed by atoms with E-state index >= 15 is 0 Å². The summed E-state index contributed by atoms with van der Waals surface area (Å²) in [6, 6.07) is 5.11. The maximum absolute atomic E-state index is 12.9. The molecule has 2 unspecified atom stereocenters. The molecule has 2 N–H and O–H groups in total. The fraction of sp³-hybridized carbons (Fsp3) is 0.611. The zero-order chi connectivity index (χ0) is 18.1. The van der Waals surface area contributed by atoms with Gasteiger partial charge in [0.25, 0.3) is 0 Å². The molecule has 1 aliphatic rings. The summed E-state index contributed by atoms with van der Waals surface area (Å²) in [4.78, 5) is 14.6. The molecule has 2 atom stereocenters. The molecule has 1 saturated heterocycles. The largest absolute Gasteiger partial charge is 0.416 e. The Bertz CT molecular complexity index is 598. The molecule has 24 heavy (non-hydrogen) atoms. The zero-order valence-corrected chi connectivity index (χ0v) is 14.4. The van der Waals surface area contributed by atoms with Gasteiger partial charge >= 0.3 is 6.18 Å². The normalized spacial score (nSPS) is 22.3. The van der Waals surface area contributed by atoms with Gasteiger partial charge in [-0.1, -0.05) is 39.0 Å². The SMILES string of the molecule is CCC(C(=O)N1CCC(N)C(C)(C)C1)c1cccc(C(F)(F)F)c1. The van der Waals surface area contributed by atoms with Gasteiger partial charge in [0.05, 0.1) is 11.5 Å². The highest BCUT2D eigenvalue weighted by atomic mass is 19.4. The first-order valence-corrected chi connectivity index (χ1v) is 8.28. The van der Waals surface area contributed by atoms with Gasteiger partial charge in [-0.25, -0.2) is 0 Å². The zero-order valence-electron chi connectivity index (χ0n) is 14.4. The number of likely N-dealkylation sites (tertiary alicyclic amines) is 1. The average molecular weight is 342 g/mol. The lowest BCUT2D eigenvalue weighted by atomic mass is 9.79. The molecular weight excluding hydrogens is 317 g/mol. The van der Waals surface area contributed by atoms with E-state index in [-0.39, 0.29) is 17.4 Å². The van der Waals surface area contributed by atoms with Crippen LogP contribution in [-0.2, 0) is 11.0 Å². The smallest absolute Gasteiger partial charge is 0.342 e. The van der Waals surface area contributed by atoms with Gasteiger partial charge in [0.15, 0.2) is 0 Å². The minimum atomic E-state index is -4.41. The van der Waals surface area contributed by atoms with Crippen LogP contribution in [0.2, 0.25) is 0 Å². The molecule has 2 rings (SSSR count). The van der Waals surface area contributed by atoms with Crippen molar-refractivity contribution in [2.45, 2.75) is 51.7 Å². The van der Waals surface area contributed by atoms with Gasteiger partial charge in [0.1, 0.15) is 0 Å². The molecule has 0 bridgehead atoms. The number of hydrogen-bond donors (Lipinski definition) is 1. The van der Waals surface area contributed by atoms with Crippen molar-refractivity contribution >= 4 is 5.91 Å². The van der Waals surface area contributed by atoms with Gasteiger partial charge in [-0.3, -0.25) is 4.79 Å². The van der Waals surface area contributed by atoms with Gasteiger partial charge in [-0.2, -0.15) is 13.2 Å². The Labute approximate surface area is 141 Å². The van der Waals surface area contributed by atoms with E-state index in [0.717, 1.165) is 12.1 Å². The van der Waals surface area contributed by atoms with E-state index in [1.54, 1.807) is 11.0 Å². The molecule has 0 aliphatic carbocycles. The maximum atomic E-state index is 12.9. The van der Waals surface area contributed by atoms with Crippen molar-refractivity contribution in [2.75, 3.05) is 13.1 Å². The van der Waals surface area contributed by atoms with E-state index in [0.29, 0.717) is 31.5 Å². The first kappa shape index (κ1) is 18.8. The number of nitrogens with zero attached hydrogens (tertiary/aromatic N) is 1. The van der Waals surface area contributed by atoms with Crippen LogP contribution in [0.3, 0.4) is 0 Å². The fourth-order valence-electron chi connectivity index (χ4n) is 3.27. The van der Waals surface area contributed by atoms with Crippen LogP contribution in [0.4, 0.5) is 13.2 Å². The summed E-state index contributed by atoms with van der Waals surface area (Å²) in [5.74, 6) is -0.672. The monoisotopic (exact) mass is 342 g/mol. The van der Waals surface area contributed by atoms with Crippen LogP contribution >= 0.6 is 0 Å². The number of carbonyl (C=O) groups is 1. The third kappa shape index (κ3) is 3.91. The summed E-state index contributed by atoms with van der Waals surface area (Å²) >= 11 is 0. The van der Waals surface area contributed by atoms with Crippen molar-refractivity contribution < 1.29 is 18.0 Å². The summed E-state index contributed by atoms with van der Waals surface area (Å²) in [6.45, 7) is 6.94. The van der Waals surface area contributed by atoms with Gasteiger partial charge in [0.2, 0.25) is 5.91 Å². The summed E-state index contributed by atoms with van der Waals surface area (Å²) in [7, 11) is 0. The van der Waals surface area contributed by atoms with Crippen LogP contribution in [0.1, 0.15) is 50.7 Å². The van der Waals surface area contributed by atoms with Crippen LogP contribution in [0.25, 0.3) is 0 Å². The molecule has 1 amide bonds. The topological polar surface area (TPSA) is 46.3 Å². The highest BCUT2D eigenvalue weighted by molar-refractivity contribution is 5.84. The molecule has 6 heteroatoms. The van der Waals surface area contributed by atoms with Crippen molar-refractivity contribution in [3.05, 3.63) is 35.4 Å². The van der Waals surface area contributed by atoms with Crippen LogP contribution in [0.5, 0.6) is 0 Å². The third-order valence-electron chi connectivity index (χ3n) is 4.95. The van der Waals surface area contributed by atoms with Gasteiger partial charge in [0, 0.05) is 19.1 Å². The molecule has 1 aliphatic heterocycles. The van der Waals surface area contributed by atoms with Crippen LogP contribution < -0.4 is 5.73 Å². The van der Waals surface area contributed by atoms with E-state index in [9.17, 15) is 18.0 Å². The predicted molar refractivity (Wildman–Crippen MR) is 87.4 cm³/mol. The van der Waals surface area contributed by atoms with Crippen molar-refractivity contribution in [3.63, 3.8) is 0 Å². The molecular formula is C18H25F3N2O. The molecule has 0 aromatic heterocycles. The quantitative estimate of drug-likeness (QED) is 0.908.